The summed E-state index contributed by atoms with van der Waals surface area (Å²) in [6.07, 6.45) is 1.17. The maximum Gasteiger partial charge on any atom is 0.303 e. The lowest BCUT2D eigenvalue weighted by Gasteiger charge is -2.11. The Bertz CT molecular complexity index is 878. The molecule has 0 radical (unpaired) electrons. The van der Waals surface area contributed by atoms with E-state index in [1.54, 1.807) is 24.3 Å². The lowest BCUT2D eigenvalue weighted by molar-refractivity contribution is -0.137. The van der Waals surface area contributed by atoms with E-state index < -0.39 is 5.97 Å². The van der Waals surface area contributed by atoms with Crippen LogP contribution in [0.3, 0.4) is 0 Å². The van der Waals surface area contributed by atoms with E-state index in [0.717, 1.165) is 20.2 Å². The molecule has 0 atom stereocenters. The number of hydrogen-bond donors (Lipinski definition) is 2. The SMILES string of the molecule is O=C(O)CCC(=O)c1ccc(Br)cc1.O=C1CCC(c2ccc(Br)cc2)=NN1. The van der Waals surface area contributed by atoms with Crippen LogP contribution in [0.4, 0.5) is 0 Å². The molecule has 2 aromatic rings. The second-order valence-electron chi connectivity index (χ2n) is 5.92. The molecule has 1 heterocycles. The molecule has 0 aromatic heterocycles. The van der Waals surface area contributed by atoms with Gasteiger partial charge in [0.2, 0.25) is 5.91 Å². The number of ketones is 1. The average molecular weight is 510 g/mol. The number of nitrogens with zero attached hydrogens (tertiary/aromatic N) is 1. The van der Waals surface area contributed by atoms with Crippen molar-refractivity contribution >= 4 is 55.2 Å². The number of benzene rings is 2. The van der Waals surface area contributed by atoms with E-state index in [4.69, 9.17) is 5.11 Å². The third-order valence-electron chi connectivity index (χ3n) is 3.81. The number of hydrogen-bond acceptors (Lipinski definition) is 4. The minimum absolute atomic E-state index is 0.00846. The molecule has 8 heteroatoms. The van der Waals surface area contributed by atoms with Crippen LogP contribution >= 0.6 is 31.9 Å². The Balaban J connectivity index is 0.000000200. The first kappa shape index (κ1) is 22.0. The predicted octanol–water partition coefficient (Wildman–Crippen LogP) is 4.56. The summed E-state index contributed by atoms with van der Waals surface area (Å²) < 4.78 is 1.94. The van der Waals surface area contributed by atoms with Crippen molar-refractivity contribution in [2.24, 2.45) is 5.10 Å². The number of nitrogens with one attached hydrogen (secondary N) is 1. The number of halogens is 2. The van der Waals surface area contributed by atoms with Gasteiger partial charge >= 0.3 is 5.97 Å². The van der Waals surface area contributed by atoms with Gasteiger partial charge in [0, 0.05) is 33.8 Å². The van der Waals surface area contributed by atoms with E-state index >= 15 is 0 Å². The van der Waals surface area contributed by atoms with Crippen molar-refractivity contribution < 1.29 is 19.5 Å². The largest absolute Gasteiger partial charge is 0.481 e. The molecule has 0 fully saturated rings. The van der Waals surface area contributed by atoms with E-state index in [1.165, 1.54) is 0 Å². The number of Topliss-reactive ketones (excluding diaryl/α,β-unsaturated/α-hetero) is 1. The first-order chi connectivity index (χ1) is 13.3. The number of rotatable bonds is 5. The molecule has 0 bridgehead atoms. The van der Waals surface area contributed by atoms with Crippen molar-refractivity contribution in [3.63, 3.8) is 0 Å². The van der Waals surface area contributed by atoms with Crippen LogP contribution in [-0.4, -0.2) is 28.5 Å². The molecule has 2 N–H and O–H groups in total. The fourth-order valence-corrected chi connectivity index (χ4v) is 2.85. The Labute approximate surface area is 179 Å². The lowest BCUT2D eigenvalue weighted by atomic mass is 10.1. The molecule has 1 aliphatic heterocycles. The number of carboxylic acid groups (broad SMARTS) is 1. The Morgan fingerprint density at radius 1 is 0.929 bits per heavy atom. The van der Waals surface area contributed by atoms with E-state index in [1.807, 2.05) is 24.3 Å². The summed E-state index contributed by atoms with van der Waals surface area (Å²) in [7, 11) is 0. The van der Waals surface area contributed by atoms with E-state index in [0.29, 0.717) is 18.4 Å². The van der Waals surface area contributed by atoms with Crippen LogP contribution in [0.2, 0.25) is 0 Å². The summed E-state index contributed by atoms with van der Waals surface area (Å²) in [6, 6.07) is 14.8. The molecule has 0 saturated heterocycles. The highest BCUT2D eigenvalue weighted by molar-refractivity contribution is 9.10. The minimum Gasteiger partial charge on any atom is -0.481 e. The van der Waals surface area contributed by atoms with Crippen molar-refractivity contribution in [3.8, 4) is 0 Å². The second-order valence-corrected chi connectivity index (χ2v) is 7.76. The fourth-order valence-electron chi connectivity index (χ4n) is 2.33. The highest BCUT2D eigenvalue weighted by atomic mass is 79.9. The van der Waals surface area contributed by atoms with Crippen molar-refractivity contribution in [1.29, 1.82) is 0 Å². The molecule has 0 spiro atoms. The Kier molecular flexibility index (Phi) is 8.53. The summed E-state index contributed by atoms with van der Waals surface area (Å²) in [4.78, 5) is 32.5. The van der Waals surface area contributed by atoms with Crippen LogP contribution < -0.4 is 5.43 Å². The average Bonchev–Trinajstić information content (AvgIpc) is 2.68. The summed E-state index contributed by atoms with van der Waals surface area (Å²) in [5.41, 5.74) is 5.04. The zero-order valence-corrected chi connectivity index (χ0v) is 18.0. The van der Waals surface area contributed by atoms with Gasteiger partial charge in [0.25, 0.3) is 0 Å². The standard InChI is InChI=1S/C10H9BrN2O.C10H9BrO3/c11-8-3-1-7(2-4-8)9-5-6-10(14)13-12-9;11-8-3-1-7(2-4-8)9(12)5-6-10(13)14/h2*1-4H,5-6H2,(H,13,14). The van der Waals surface area contributed by atoms with Crippen molar-refractivity contribution in [2.75, 3.05) is 0 Å². The van der Waals surface area contributed by atoms with Crippen molar-refractivity contribution in [3.05, 3.63) is 68.6 Å². The lowest BCUT2D eigenvalue weighted by Crippen LogP contribution is -2.25. The topological polar surface area (TPSA) is 95.8 Å². The number of amides is 1. The third kappa shape index (κ3) is 7.36. The molecular weight excluding hydrogens is 492 g/mol. The van der Waals surface area contributed by atoms with Gasteiger partial charge in [0.15, 0.2) is 5.78 Å². The fraction of sp³-hybridized carbons (Fsp3) is 0.200. The highest BCUT2D eigenvalue weighted by Gasteiger charge is 2.12. The summed E-state index contributed by atoms with van der Waals surface area (Å²) in [5, 5.41) is 12.4. The predicted molar refractivity (Wildman–Crippen MR) is 113 cm³/mol. The summed E-state index contributed by atoms with van der Waals surface area (Å²) in [5.74, 6) is -1.10. The molecule has 0 aliphatic carbocycles. The van der Waals surface area contributed by atoms with E-state index in [2.05, 4.69) is 42.4 Å². The van der Waals surface area contributed by atoms with Crippen molar-refractivity contribution in [1.82, 2.24) is 5.43 Å². The summed E-state index contributed by atoms with van der Waals surface area (Å²) >= 11 is 6.62. The van der Waals surface area contributed by atoms with Gasteiger partial charge in [-0.25, -0.2) is 5.43 Å². The molecule has 0 unspecified atom stereocenters. The van der Waals surface area contributed by atoms with Crippen LogP contribution in [0.1, 0.15) is 41.6 Å². The molecular formula is C20H18Br2N2O4. The molecule has 3 rings (SSSR count). The van der Waals surface area contributed by atoms with Crippen molar-refractivity contribution in [2.45, 2.75) is 25.7 Å². The van der Waals surface area contributed by atoms with Gasteiger partial charge in [0.1, 0.15) is 0 Å². The van der Waals surface area contributed by atoms with Gasteiger partial charge < -0.3 is 5.11 Å². The van der Waals surface area contributed by atoms with Gasteiger partial charge in [-0.05, 0) is 29.8 Å². The van der Waals surface area contributed by atoms with E-state index in [-0.39, 0.29) is 24.5 Å². The number of aliphatic carboxylic acids is 1. The van der Waals surface area contributed by atoms with Crippen LogP contribution in [0, 0.1) is 0 Å². The quantitative estimate of drug-likeness (QED) is 0.577. The summed E-state index contributed by atoms with van der Waals surface area (Å²) in [6.45, 7) is 0. The van der Waals surface area contributed by atoms with Gasteiger partial charge in [-0.15, -0.1) is 0 Å². The van der Waals surface area contributed by atoms with Crippen LogP contribution in [0.25, 0.3) is 0 Å². The molecule has 2 aromatic carbocycles. The smallest absolute Gasteiger partial charge is 0.303 e. The minimum atomic E-state index is -0.949. The molecule has 28 heavy (non-hydrogen) atoms. The number of carboxylic acids is 1. The molecule has 1 amide bonds. The van der Waals surface area contributed by atoms with Crippen LogP contribution in [-0.2, 0) is 9.59 Å². The third-order valence-corrected chi connectivity index (χ3v) is 4.87. The number of carbonyl (C=O) groups excluding carboxylic acids is 2. The molecule has 146 valence electrons. The van der Waals surface area contributed by atoms with Gasteiger partial charge in [-0.1, -0.05) is 56.1 Å². The first-order valence-electron chi connectivity index (χ1n) is 8.47. The zero-order chi connectivity index (χ0) is 20.5. The maximum absolute atomic E-state index is 11.4. The number of carbonyl (C=O) groups is 3. The van der Waals surface area contributed by atoms with Gasteiger partial charge in [0.05, 0.1) is 12.1 Å². The van der Waals surface area contributed by atoms with Gasteiger partial charge in [-0.2, -0.15) is 5.10 Å². The highest BCUT2D eigenvalue weighted by Crippen LogP contribution is 2.14. The number of hydrazone groups is 1. The normalized spacial score (nSPS) is 12.9. The van der Waals surface area contributed by atoms with Gasteiger partial charge in [-0.3, -0.25) is 14.4 Å². The Morgan fingerprint density at radius 3 is 2.00 bits per heavy atom. The van der Waals surface area contributed by atoms with Crippen LogP contribution in [0.15, 0.2) is 62.6 Å². The molecule has 0 saturated carbocycles. The molecule has 6 nitrogen and oxygen atoms in total. The molecule has 1 aliphatic rings. The monoisotopic (exact) mass is 508 g/mol. The second kappa shape index (κ2) is 10.9. The Hall–Kier alpha value is -2.32. The van der Waals surface area contributed by atoms with E-state index in [9.17, 15) is 14.4 Å². The van der Waals surface area contributed by atoms with Crippen LogP contribution in [0.5, 0.6) is 0 Å². The maximum atomic E-state index is 11.4. The first-order valence-corrected chi connectivity index (χ1v) is 10.1. The Morgan fingerprint density at radius 2 is 1.50 bits per heavy atom. The zero-order valence-electron chi connectivity index (χ0n) is 14.8.